The summed E-state index contributed by atoms with van der Waals surface area (Å²) in [6, 6.07) is 8.79. The van der Waals surface area contributed by atoms with E-state index in [9.17, 15) is 0 Å². The van der Waals surface area contributed by atoms with Crippen molar-refractivity contribution in [1.29, 1.82) is 0 Å². The van der Waals surface area contributed by atoms with E-state index < -0.39 is 0 Å². The van der Waals surface area contributed by atoms with E-state index in [0.717, 1.165) is 45.2 Å². The summed E-state index contributed by atoms with van der Waals surface area (Å²) in [4.78, 5) is 6.59. The second-order valence-electron chi connectivity index (χ2n) is 7.99. The first kappa shape index (κ1) is 21.7. The Morgan fingerprint density at radius 1 is 1.11 bits per heavy atom. The second-order valence-corrected chi connectivity index (χ2v) is 7.99. The summed E-state index contributed by atoms with van der Waals surface area (Å²) in [5.41, 5.74) is 2.97. The third kappa shape index (κ3) is 7.51. The molecular formula is C22H38N4O. The standard InChI is InChI=1S/C22H38N4O/c1-5-27-15-14-22(12-6-7-13-22)18-25-21(23-2)24-16-19-8-10-20(11-9-19)17-26(3)4/h8-11H,5-7,12-18H2,1-4H3,(H2,23,24,25). The van der Waals surface area contributed by atoms with Crippen LogP contribution >= 0.6 is 0 Å². The van der Waals surface area contributed by atoms with Crippen molar-refractivity contribution in [2.45, 2.75) is 52.1 Å². The lowest BCUT2D eigenvalue weighted by Gasteiger charge is -2.30. The molecule has 1 aliphatic rings. The summed E-state index contributed by atoms with van der Waals surface area (Å²) >= 11 is 0. The van der Waals surface area contributed by atoms with Gasteiger partial charge in [0.1, 0.15) is 0 Å². The van der Waals surface area contributed by atoms with Crippen LogP contribution in [0.4, 0.5) is 0 Å². The first-order valence-corrected chi connectivity index (χ1v) is 10.3. The largest absolute Gasteiger partial charge is 0.382 e. The molecule has 0 saturated heterocycles. The molecule has 2 rings (SSSR count). The van der Waals surface area contributed by atoms with Crippen molar-refractivity contribution in [3.63, 3.8) is 0 Å². The fourth-order valence-corrected chi connectivity index (χ4v) is 3.88. The average molecular weight is 375 g/mol. The third-order valence-corrected chi connectivity index (χ3v) is 5.48. The zero-order valence-corrected chi connectivity index (χ0v) is 17.7. The Bertz CT molecular complexity index is 562. The lowest BCUT2D eigenvalue weighted by atomic mass is 9.83. The van der Waals surface area contributed by atoms with Gasteiger partial charge >= 0.3 is 0 Å². The van der Waals surface area contributed by atoms with E-state index in [-0.39, 0.29) is 0 Å². The fourth-order valence-electron chi connectivity index (χ4n) is 3.88. The number of hydrogen-bond acceptors (Lipinski definition) is 3. The Kier molecular flexibility index (Phi) is 9.08. The summed E-state index contributed by atoms with van der Waals surface area (Å²) in [5.74, 6) is 0.884. The van der Waals surface area contributed by atoms with Crippen molar-refractivity contribution in [2.24, 2.45) is 10.4 Å². The molecule has 1 fully saturated rings. The highest BCUT2D eigenvalue weighted by Crippen LogP contribution is 2.40. The number of guanidine groups is 1. The highest BCUT2D eigenvalue weighted by atomic mass is 16.5. The topological polar surface area (TPSA) is 48.9 Å². The molecule has 5 heteroatoms. The van der Waals surface area contributed by atoms with E-state index in [0.29, 0.717) is 5.41 Å². The lowest BCUT2D eigenvalue weighted by molar-refractivity contribution is 0.105. The molecule has 0 aromatic heterocycles. The summed E-state index contributed by atoms with van der Waals surface area (Å²) in [5, 5.41) is 7.02. The predicted molar refractivity (Wildman–Crippen MR) is 114 cm³/mol. The van der Waals surface area contributed by atoms with Crippen molar-refractivity contribution >= 4 is 5.96 Å². The molecule has 27 heavy (non-hydrogen) atoms. The Labute approximate surface area is 165 Å². The monoisotopic (exact) mass is 374 g/mol. The molecule has 1 aromatic rings. The van der Waals surface area contributed by atoms with Crippen LogP contribution in [0.25, 0.3) is 0 Å². The molecular weight excluding hydrogens is 336 g/mol. The predicted octanol–water partition coefficient (Wildman–Crippen LogP) is 3.40. The summed E-state index contributed by atoms with van der Waals surface area (Å²) < 4.78 is 5.62. The number of ether oxygens (including phenoxy) is 1. The van der Waals surface area contributed by atoms with E-state index in [1.807, 2.05) is 7.05 Å². The molecule has 0 radical (unpaired) electrons. The zero-order chi connectivity index (χ0) is 19.5. The fraction of sp³-hybridized carbons (Fsp3) is 0.682. The van der Waals surface area contributed by atoms with Crippen LogP contribution in [-0.4, -0.2) is 51.8 Å². The van der Waals surface area contributed by atoms with Crippen LogP contribution in [0.15, 0.2) is 29.3 Å². The highest BCUT2D eigenvalue weighted by molar-refractivity contribution is 5.79. The molecule has 2 N–H and O–H groups in total. The zero-order valence-electron chi connectivity index (χ0n) is 17.7. The third-order valence-electron chi connectivity index (χ3n) is 5.48. The Morgan fingerprint density at radius 3 is 2.37 bits per heavy atom. The minimum Gasteiger partial charge on any atom is -0.382 e. The molecule has 0 atom stereocenters. The molecule has 152 valence electrons. The molecule has 0 heterocycles. The second kappa shape index (κ2) is 11.3. The molecule has 5 nitrogen and oxygen atoms in total. The number of benzene rings is 1. The Morgan fingerprint density at radius 2 is 1.78 bits per heavy atom. The molecule has 1 aliphatic carbocycles. The van der Waals surface area contributed by atoms with Gasteiger partial charge < -0.3 is 20.3 Å². The molecule has 0 amide bonds. The molecule has 0 spiro atoms. The van der Waals surface area contributed by atoms with Gasteiger partial charge in [0.25, 0.3) is 0 Å². The van der Waals surface area contributed by atoms with Gasteiger partial charge in [-0.1, -0.05) is 37.1 Å². The van der Waals surface area contributed by atoms with Crippen molar-refractivity contribution in [2.75, 3.05) is 40.9 Å². The molecule has 0 aliphatic heterocycles. The van der Waals surface area contributed by atoms with Crippen molar-refractivity contribution < 1.29 is 4.74 Å². The maximum atomic E-state index is 5.62. The van der Waals surface area contributed by atoms with Crippen LogP contribution in [0.5, 0.6) is 0 Å². The van der Waals surface area contributed by atoms with E-state index in [2.05, 4.69) is 65.8 Å². The van der Waals surface area contributed by atoms with E-state index in [1.165, 1.54) is 36.8 Å². The highest BCUT2D eigenvalue weighted by Gasteiger charge is 2.33. The van der Waals surface area contributed by atoms with Gasteiger partial charge in [0, 0.05) is 39.9 Å². The first-order chi connectivity index (χ1) is 13.1. The quantitative estimate of drug-likeness (QED) is 0.374. The van der Waals surface area contributed by atoms with Crippen molar-refractivity contribution in [3.05, 3.63) is 35.4 Å². The van der Waals surface area contributed by atoms with Crippen LogP contribution in [0.2, 0.25) is 0 Å². The summed E-state index contributed by atoms with van der Waals surface area (Å²) in [6.45, 7) is 6.47. The average Bonchev–Trinajstić information content (AvgIpc) is 3.12. The molecule has 0 bridgehead atoms. The first-order valence-electron chi connectivity index (χ1n) is 10.3. The van der Waals surface area contributed by atoms with Crippen LogP contribution < -0.4 is 10.6 Å². The van der Waals surface area contributed by atoms with Crippen LogP contribution in [0, 0.1) is 5.41 Å². The van der Waals surface area contributed by atoms with Crippen molar-refractivity contribution in [1.82, 2.24) is 15.5 Å². The van der Waals surface area contributed by atoms with Gasteiger partial charge in [-0.2, -0.15) is 0 Å². The minimum absolute atomic E-state index is 0.362. The van der Waals surface area contributed by atoms with Crippen LogP contribution in [0.1, 0.15) is 50.2 Å². The van der Waals surface area contributed by atoms with Gasteiger partial charge in [0.15, 0.2) is 5.96 Å². The van der Waals surface area contributed by atoms with Gasteiger partial charge in [0.2, 0.25) is 0 Å². The van der Waals surface area contributed by atoms with Crippen molar-refractivity contribution in [3.8, 4) is 0 Å². The molecule has 1 aromatic carbocycles. The van der Waals surface area contributed by atoms with Gasteiger partial charge in [-0.05, 0) is 56.8 Å². The van der Waals surface area contributed by atoms with Crippen LogP contribution in [-0.2, 0) is 17.8 Å². The smallest absolute Gasteiger partial charge is 0.191 e. The summed E-state index contributed by atoms with van der Waals surface area (Å²) in [7, 11) is 6.03. The number of nitrogens with zero attached hydrogens (tertiary/aromatic N) is 2. The van der Waals surface area contributed by atoms with Gasteiger partial charge in [-0.3, -0.25) is 4.99 Å². The number of aliphatic imine (C=N–C) groups is 1. The minimum atomic E-state index is 0.362. The van der Waals surface area contributed by atoms with E-state index in [4.69, 9.17) is 4.74 Å². The van der Waals surface area contributed by atoms with E-state index in [1.54, 1.807) is 0 Å². The van der Waals surface area contributed by atoms with Gasteiger partial charge in [-0.25, -0.2) is 0 Å². The van der Waals surface area contributed by atoms with Gasteiger partial charge in [0.05, 0.1) is 0 Å². The number of nitrogens with one attached hydrogen (secondary N) is 2. The maximum Gasteiger partial charge on any atom is 0.191 e. The lowest BCUT2D eigenvalue weighted by Crippen LogP contribution is -2.43. The SMILES string of the molecule is CCOCCC1(CNC(=NC)NCc2ccc(CN(C)C)cc2)CCCC1. The Balaban J connectivity index is 1.81. The number of rotatable bonds is 10. The summed E-state index contributed by atoms with van der Waals surface area (Å²) in [6.07, 6.45) is 6.38. The normalized spacial score (nSPS) is 16.7. The van der Waals surface area contributed by atoms with Gasteiger partial charge in [-0.15, -0.1) is 0 Å². The molecule has 1 saturated carbocycles. The Hall–Kier alpha value is -1.59. The van der Waals surface area contributed by atoms with E-state index >= 15 is 0 Å². The number of hydrogen-bond donors (Lipinski definition) is 2. The van der Waals surface area contributed by atoms with Crippen LogP contribution in [0.3, 0.4) is 0 Å². The maximum absolute atomic E-state index is 5.62. The molecule has 0 unspecified atom stereocenters.